The molecule has 4 rings (SSSR count). The fraction of sp³-hybridized carbons (Fsp3) is 0.611. The molecule has 3 heterocycles. The average molecular weight is 444 g/mol. The summed E-state index contributed by atoms with van der Waals surface area (Å²) in [6.07, 6.45) is 4.16. The lowest BCUT2D eigenvalue weighted by molar-refractivity contribution is -0.0470. The number of aliphatic imine (C=N–C) groups is 1. The Balaban J connectivity index is 1.52. The van der Waals surface area contributed by atoms with E-state index in [1.807, 2.05) is 5.55 Å². The molecule has 2 fully saturated rings. The number of carbonyl (C=O) groups excluding carboxylic acids is 1. The van der Waals surface area contributed by atoms with Crippen molar-refractivity contribution in [3.8, 4) is 0 Å². The zero-order valence-corrected chi connectivity index (χ0v) is 17.6. The van der Waals surface area contributed by atoms with E-state index in [0.29, 0.717) is 22.9 Å². The van der Waals surface area contributed by atoms with Crippen molar-refractivity contribution < 1.29 is 9.53 Å². The first-order chi connectivity index (χ1) is 13.5. The maximum Gasteiger partial charge on any atom is 0.319 e. The maximum absolute atomic E-state index is 12.1. The Labute approximate surface area is 178 Å². The summed E-state index contributed by atoms with van der Waals surface area (Å²) in [7, 11) is 0. The van der Waals surface area contributed by atoms with E-state index >= 15 is 0 Å². The second-order valence-electron chi connectivity index (χ2n) is 7.42. The third kappa shape index (κ3) is 4.57. The minimum Gasteiger partial charge on any atom is -0.358 e. The van der Waals surface area contributed by atoms with Crippen molar-refractivity contribution in [1.29, 1.82) is 0 Å². The van der Waals surface area contributed by atoms with Gasteiger partial charge in [-0.2, -0.15) is 0 Å². The van der Waals surface area contributed by atoms with Crippen LogP contribution in [0.25, 0.3) is 0 Å². The summed E-state index contributed by atoms with van der Waals surface area (Å²) in [5.41, 5.74) is 8.11. The SMILES string of the molecule is NC(=O)N(CC1NC2CCCC(O1)C(C1CN=CS1)C2)c1cc(Cl)nc(Cl)c1. The van der Waals surface area contributed by atoms with Gasteiger partial charge in [0.2, 0.25) is 0 Å². The van der Waals surface area contributed by atoms with E-state index in [1.165, 1.54) is 4.90 Å². The number of halogens is 2. The number of nitrogens with one attached hydrogen (secondary N) is 1. The van der Waals surface area contributed by atoms with Crippen LogP contribution in [0.1, 0.15) is 25.7 Å². The van der Waals surface area contributed by atoms with Gasteiger partial charge in [0.25, 0.3) is 0 Å². The molecule has 0 aromatic carbocycles. The number of pyridine rings is 1. The van der Waals surface area contributed by atoms with E-state index in [2.05, 4.69) is 15.3 Å². The highest BCUT2D eigenvalue weighted by atomic mass is 35.5. The molecular weight excluding hydrogens is 421 g/mol. The van der Waals surface area contributed by atoms with Gasteiger partial charge in [-0.3, -0.25) is 15.2 Å². The molecule has 2 aliphatic heterocycles. The Bertz CT molecular complexity index is 739. The number of aromatic nitrogens is 1. The van der Waals surface area contributed by atoms with Gasteiger partial charge in [-0.1, -0.05) is 23.2 Å². The Morgan fingerprint density at radius 3 is 2.82 bits per heavy atom. The topological polar surface area (TPSA) is 92.8 Å². The number of thioether (sulfide) groups is 1. The second-order valence-corrected chi connectivity index (χ2v) is 9.28. The number of ether oxygens (including phenoxy) is 1. The summed E-state index contributed by atoms with van der Waals surface area (Å²) in [5.74, 6) is 0.448. The summed E-state index contributed by atoms with van der Waals surface area (Å²) in [6.45, 7) is 1.13. The molecule has 5 atom stereocenters. The van der Waals surface area contributed by atoms with Crippen molar-refractivity contribution in [1.82, 2.24) is 10.3 Å². The van der Waals surface area contributed by atoms with Crippen molar-refractivity contribution >= 4 is 52.2 Å². The molecular formula is C18H23Cl2N5O2S. The van der Waals surface area contributed by atoms with Gasteiger partial charge in [0.1, 0.15) is 16.5 Å². The number of anilines is 1. The second kappa shape index (κ2) is 8.75. The number of urea groups is 1. The molecule has 2 amide bonds. The minimum atomic E-state index is -0.588. The highest BCUT2D eigenvalue weighted by Gasteiger charge is 2.40. The summed E-state index contributed by atoms with van der Waals surface area (Å²) in [6, 6.07) is 2.91. The monoisotopic (exact) mass is 443 g/mol. The molecule has 0 spiro atoms. The first-order valence-electron chi connectivity index (χ1n) is 9.45. The molecule has 1 saturated carbocycles. The summed E-state index contributed by atoms with van der Waals surface area (Å²) in [5, 5.41) is 4.46. The van der Waals surface area contributed by atoms with Crippen molar-refractivity contribution in [2.75, 3.05) is 18.0 Å². The van der Waals surface area contributed by atoms with Gasteiger partial charge in [0, 0.05) is 17.2 Å². The standard InChI is InChI=1S/C18H23Cl2N5O2S/c19-15-5-11(6-16(20)24-15)25(18(21)26)8-17-23-10-2-1-3-13(27-17)12(4-10)14-7-22-9-28-14/h5-6,9-10,12-14,17,23H,1-4,7-8H2,(H2,21,26). The van der Waals surface area contributed by atoms with Crippen LogP contribution in [0.3, 0.4) is 0 Å². The van der Waals surface area contributed by atoms with Gasteiger partial charge in [-0.25, -0.2) is 9.78 Å². The molecule has 28 heavy (non-hydrogen) atoms. The number of carbonyl (C=O) groups is 1. The molecule has 152 valence electrons. The number of hydrogen-bond acceptors (Lipinski definition) is 6. The highest BCUT2D eigenvalue weighted by Crippen LogP contribution is 2.38. The Morgan fingerprint density at radius 1 is 1.36 bits per heavy atom. The van der Waals surface area contributed by atoms with E-state index in [-0.39, 0.29) is 29.2 Å². The molecule has 1 aromatic heterocycles. The van der Waals surface area contributed by atoms with Crippen molar-refractivity contribution in [3.05, 3.63) is 22.4 Å². The van der Waals surface area contributed by atoms with E-state index < -0.39 is 6.03 Å². The maximum atomic E-state index is 12.1. The molecule has 1 aliphatic carbocycles. The van der Waals surface area contributed by atoms with Gasteiger partial charge < -0.3 is 10.5 Å². The van der Waals surface area contributed by atoms with Gasteiger partial charge in [0.15, 0.2) is 0 Å². The van der Waals surface area contributed by atoms with Gasteiger partial charge in [-0.05, 0) is 37.8 Å². The fourth-order valence-electron chi connectivity index (χ4n) is 4.34. The molecule has 5 unspecified atom stereocenters. The van der Waals surface area contributed by atoms with Crippen molar-refractivity contribution in [2.24, 2.45) is 16.6 Å². The Hall–Kier alpha value is -1.06. The van der Waals surface area contributed by atoms with Crippen LogP contribution in [-0.4, -0.2) is 53.3 Å². The van der Waals surface area contributed by atoms with E-state index in [4.69, 9.17) is 33.7 Å². The lowest BCUT2D eigenvalue weighted by atomic mass is 9.92. The third-order valence-corrected chi connectivity index (χ3v) is 7.09. The first kappa shape index (κ1) is 20.2. The van der Waals surface area contributed by atoms with Crippen LogP contribution >= 0.6 is 35.0 Å². The van der Waals surface area contributed by atoms with E-state index in [1.54, 1.807) is 23.9 Å². The molecule has 7 nitrogen and oxygen atoms in total. The Morgan fingerprint density at radius 2 is 2.14 bits per heavy atom. The van der Waals surface area contributed by atoms with Gasteiger partial charge in [0.05, 0.1) is 30.4 Å². The predicted molar refractivity (Wildman–Crippen MR) is 113 cm³/mol. The number of rotatable bonds is 4. The zero-order valence-electron chi connectivity index (χ0n) is 15.3. The lowest BCUT2D eigenvalue weighted by Crippen LogP contribution is -2.50. The number of primary amides is 1. The number of amides is 2. The number of fused-ring (bicyclic) bond motifs is 3. The molecule has 10 heteroatoms. The summed E-state index contributed by atoms with van der Waals surface area (Å²) < 4.78 is 6.46. The zero-order chi connectivity index (χ0) is 19.7. The van der Waals surface area contributed by atoms with Crippen LogP contribution in [0.15, 0.2) is 17.1 Å². The Kier molecular flexibility index (Phi) is 6.32. The van der Waals surface area contributed by atoms with Crippen molar-refractivity contribution in [3.63, 3.8) is 0 Å². The van der Waals surface area contributed by atoms with Gasteiger partial charge in [-0.15, -0.1) is 11.8 Å². The number of nitrogens with two attached hydrogens (primary N) is 1. The molecule has 0 radical (unpaired) electrons. The first-order valence-corrected chi connectivity index (χ1v) is 11.1. The predicted octanol–water partition coefficient (Wildman–Crippen LogP) is 3.29. The largest absolute Gasteiger partial charge is 0.358 e. The molecule has 3 aliphatic rings. The third-order valence-electron chi connectivity index (χ3n) is 5.58. The fourth-order valence-corrected chi connectivity index (χ4v) is 5.78. The lowest BCUT2D eigenvalue weighted by Gasteiger charge is -2.32. The smallest absolute Gasteiger partial charge is 0.319 e. The summed E-state index contributed by atoms with van der Waals surface area (Å²) >= 11 is 13.8. The minimum absolute atomic E-state index is 0.142. The van der Waals surface area contributed by atoms with Crippen LogP contribution < -0.4 is 16.0 Å². The molecule has 2 bridgehead atoms. The van der Waals surface area contributed by atoms with Crippen LogP contribution in [0.4, 0.5) is 10.5 Å². The molecule has 1 aromatic rings. The highest BCUT2D eigenvalue weighted by molar-refractivity contribution is 8.12. The number of hydrogen-bond donors (Lipinski definition) is 2. The molecule has 3 N–H and O–H groups in total. The number of nitrogens with zero attached hydrogens (tertiary/aromatic N) is 3. The average Bonchev–Trinajstić information content (AvgIpc) is 3.00. The molecule has 1 saturated heterocycles. The quantitative estimate of drug-likeness (QED) is 0.696. The summed E-state index contributed by atoms with van der Waals surface area (Å²) in [4.78, 5) is 21.9. The van der Waals surface area contributed by atoms with Crippen LogP contribution in [0.5, 0.6) is 0 Å². The van der Waals surface area contributed by atoms with E-state index in [0.717, 1.165) is 32.2 Å². The van der Waals surface area contributed by atoms with Gasteiger partial charge >= 0.3 is 6.03 Å². The van der Waals surface area contributed by atoms with Crippen LogP contribution in [0.2, 0.25) is 10.3 Å². The van der Waals surface area contributed by atoms with E-state index in [9.17, 15) is 4.79 Å². The van der Waals surface area contributed by atoms with Crippen molar-refractivity contribution in [2.45, 2.75) is 49.3 Å². The normalized spacial score (nSPS) is 32.1. The van der Waals surface area contributed by atoms with Crippen LogP contribution in [-0.2, 0) is 4.74 Å². The van der Waals surface area contributed by atoms with Crippen LogP contribution in [0, 0.1) is 5.92 Å².